The lowest BCUT2D eigenvalue weighted by atomic mass is 10.1. The highest BCUT2D eigenvalue weighted by Gasteiger charge is 2.25. The fourth-order valence-corrected chi connectivity index (χ4v) is 2.78. The van der Waals surface area contributed by atoms with Crippen LogP contribution >= 0.6 is 11.3 Å². The number of nitrogens with zero attached hydrogens (tertiary/aromatic N) is 3. The molecule has 2 aromatic rings. The van der Waals surface area contributed by atoms with E-state index in [1.54, 1.807) is 11.3 Å². The Kier molecular flexibility index (Phi) is 4.77. The minimum Gasteiger partial charge on any atom is -0.370 e. The SMILES string of the molecule is CCNc1nc(CC)nc(NC(C)(C)c2nccs2)c1C. The Morgan fingerprint density at radius 2 is 1.90 bits per heavy atom. The van der Waals surface area contributed by atoms with Crippen molar-refractivity contribution in [3.8, 4) is 0 Å². The van der Waals surface area contributed by atoms with Gasteiger partial charge in [0.15, 0.2) is 0 Å². The second-order valence-electron chi connectivity index (χ2n) is 5.43. The highest BCUT2D eigenvalue weighted by molar-refractivity contribution is 7.09. The molecule has 0 unspecified atom stereocenters. The van der Waals surface area contributed by atoms with Crippen LogP contribution in [0.25, 0.3) is 0 Å². The van der Waals surface area contributed by atoms with E-state index in [0.717, 1.165) is 41.0 Å². The van der Waals surface area contributed by atoms with Crippen LogP contribution in [0, 0.1) is 6.92 Å². The molecule has 0 spiro atoms. The van der Waals surface area contributed by atoms with Gasteiger partial charge in [0, 0.05) is 30.1 Å². The van der Waals surface area contributed by atoms with Crippen molar-refractivity contribution in [2.24, 2.45) is 0 Å². The van der Waals surface area contributed by atoms with Crippen LogP contribution in [0.4, 0.5) is 11.6 Å². The zero-order chi connectivity index (χ0) is 15.5. The molecule has 6 heteroatoms. The van der Waals surface area contributed by atoms with Gasteiger partial charge < -0.3 is 10.6 Å². The number of thiazole rings is 1. The van der Waals surface area contributed by atoms with Gasteiger partial charge in [-0.15, -0.1) is 11.3 Å². The quantitative estimate of drug-likeness (QED) is 0.854. The zero-order valence-corrected chi connectivity index (χ0v) is 14.1. The molecule has 21 heavy (non-hydrogen) atoms. The molecule has 2 rings (SSSR count). The van der Waals surface area contributed by atoms with Crippen molar-refractivity contribution in [3.05, 3.63) is 28.0 Å². The molecule has 2 heterocycles. The van der Waals surface area contributed by atoms with Gasteiger partial charge in [-0.3, -0.25) is 0 Å². The number of anilines is 2. The summed E-state index contributed by atoms with van der Waals surface area (Å²) in [7, 11) is 0. The fraction of sp³-hybridized carbons (Fsp3) is 0.533. The van der Waals surface area contributed by atoms with Crippen molar-refractivity contribution in [2.75, 3.05) is 17.2 Å². The second-order valence-corrected chi connectivity index (χ2v) is 6.33. The molecule has 0 amide bonds. The molecule has 0 aliphatic rings. The van der Waals surface area contributed by atoms with Crippen molar-refractivity contribution in [2.45, 2.75) is 46.6 Å². The number of nitrogens with one attached hydrogen (secondary N) is 2. The largest absolute Gasteiger partial charge is 0.370 e. The van der Waals surface area contributed by atoms with E-state index in [-0.39, 0.29) is 5.54 Å². The molecule has 5 nitrogen and oxygen atoms in total. The second kappa shape index (κ2) is 6.39. The summed E-state index contributed by atoms with van der Waals surface area (Å²) in [6.07, 6.45) is 2.64. The van der Waals surface area contributed by atoms with Gasteiger partial charge in [0.2, 0.25) is 0 Å². The standard InChI is InChI=1S/C15H23N5S/c1-6-11-18-12(16-7-2)10(3)13(19-11)20-15(4,5)14-17-8-9-21-14/h8-9H,6-7H2,1-5H3,(H2,16,18,19,20). The molecule has 0 fully saturated rings. The lowest BCUT2D eigenvalue weighted by molar-refractivity contribution is 0.599. The van der Waals surface area contributed by atoms with Crippen LogP contribution in [0.3, 0.4) is 0 Å². The molecule has 2 aromatic heterocycles. The van der Waals surface area contributed by atoms with E-state index in [2.05, 4.69) is 53.3 Å². The summed E-state index contributed by atoms with van der Waals surface area (Å²) in [4.78, 5) is 13.6. The van der Waals surface area contributed by atoms with Crippen LogP contribution in [0.5, 0.6) is 0 Å². The zero-order valence-electron chi connectivity index (χ0n) is 13.3. The van der Waals surface area contributed by atoms with Crippen LogP contribution < -0.4 is 10.6 Å². The lowest BCUT2D eigenvalue weighted by Gasteiger charge is -2.26. The Labute approximate surface area is 130 Å². The molecule has 0 saturated heterocycles. The van der Waals surface area contributed by atoms with Crippen LogP contribution in [0.2, 0.25) is 0 Å². The Bertz CT molecular complexity index is 592. The molecule has 0 saturated carbocycles. The van der Waals surface area contributed by atoms with Crippen molar-refractivity contribution in [1.29, 1.82) is 0 Å². The van der Waals surface area contributed by atoms with E-state index < -0.39 is 0 Å². The van der Waals surface area contributed by atoms with Gasteiger partial charge in [-0.05, 0) is 27.7 Å². The molecule has 0 radical (unpaired) electrons. The minimum atomic E-state index is -0.262. The number of hydrogen-bond donors (Lipinski definition) is 2. The summed E-state index contributed by atoms with van der Waals surface area (Å²) in [6.45, 7) is 11.3. The summed E-state index contributed by atoms with van der Waals surface area (Å²) in [5.41, 5.74) is 0.778. The molecule has 0 atom stereocenters. The predicted molar refractivity (Wildman–Crippen MR) is 89.1 cm³/mol. The topological polar surface area (TPSA) is 62.7 Å². The number of aryl methyl sites for hydroxylation is 1. The third-order valence-electron chi connectivity index (χ3n) is 3.25. The molecular formula is C15H23N5S. The van der Waals surface area contributed by atoms with Gasteiger partial charge in [0.05, 0.1) is 5.54 Å². The van der Waals surface area contributed by atoms with Gasteiger partial charge in [-0.2, -0.15) is 0 Å². The third kappa shape index (κ3) is 3.50. The number of aromatic nitrogens is 3. The number of rotatable bonds is 6. The summed E-state index contributed by atoms with van der Waals surface area (Å²) in [6, 6.07) is 0. The average Bonchev–Trinajstić information content (AvgIpc) is 2.98. The van der Waals surface area contributed by atoms with E-state index in [1.165, 1.54) is 0 Å². The van der Waals surface area contributed by atoms with Crippen LogP contribution in [-0.2, 0) is 12.0 Å². The first kappa shape index (κ1) is 15.7. The molecular weight excluding hydrogens is 282 g/mol. The van der Waals surface area contributed by atoms with Gasteiger partial charge in [0.1, 0.15) is 22.5 Å². The van der Waals surface area contributed by atoms with Gasteiger partial charge >= 0.3 is 0 Å². The normalized spacial score (nSPS) is 11.5. The van der Waals surface area contributed by atoms with Crippen LogP contribution in [0.1, 0.15) is 44.1 Å². The van der Waals surface area contributed by atoms with E-state index >= 15 is 0 Å². The van der Waals surface area contributed by atoms with E-state index in [9.17, 15) is 0 Å². The molecule has 0 bridgehead atoms. The van der Waals surface area contributed by atoms with Crippen molar-refractivity contribution in [3.63, 3.8) is 0 Å². The first-order valence-corrected chi connectivity index (χ1v) is 8.15. The van der Waals surface area contributed by atoms with Gasteiger partial charge in [-0.25, -0.2) is 15.0 Å². The Morgan fingerprint density at radius 1 is 1.19 bits per heavy atom. The maximum atomic E-state index is 4.64. The van der Waals surface area contributed by atoms with Crippen molar-refractivity contribution in [1.82, 2.24) is 15.0 Å². The Hall–Kier alpha value is -1.69. The first-order valence-electron chi connectivity index (χ1n) is 7.27. The molecule has 2 N–H and O–H groups in total. The summed E-state index contributed by atoms with van der Waals surface area (Å²) >= 11 is 1.65. The monoisotopic (exact) mass is 305 g/mol. The van der Waals surface area contributed by atoms with Crippen LogP contribution in [-0.4, -0.2) is 21.5 Å². The predicted octanol–water partition coefficient (Wildman–Crippen LogP) is 3.58. The van der Waals surface area contributed by atoms with Crippen molar-refractivity contribution < 1.29 is 0 Å². The van der Waals surface area contributed by atoms with E-state index in [0.29, 0.717) is 0 Å². The maximum Gasteiger partial charge on any atom is 0.135 e. The minimum absolute atomic E-state index is 0.262. The lowest BCUT2D eigenvalue weighted by Crippen LogP contribution is -2.29. The summed E-state index contributed by atoms with van der Waals surface area (Å²) in [5.74, 6) is 2.62. The smallest absolute Gasteiger partial charge is 0.135 e. The molecule has 0 aliphatic heterocycles. The highest BCUT2D eigenvalue weighted by Crippen LogP contribution is 2.29. The number of hydrogen-bond acceptors (Lipinski definition) is 6. The van der Waals surface area contributed by atoms with Gasteiger partial charge in [0.25, 0.3) is 0 Å². The Balaban J connectivity index is 2.36. The molecule has 0 aromatic carbocycles. The summed E-state index contributed by atoms with van der Waals surface area (Å²) in [5, 5.41) is 9.86. The van der Waals surface area contributed by atoms with E-state index in [4.69, 9.17) is 0 Å². The average molecular weight is 305 g/mol. The summed E-state index contributed by atoms with van der Waals surface area (Å²) < 4.78 is 0. The molecule has 114 valence electrons. The van der Waals surface area contributed by atoms with Crippen LogP contribution in [0.15, 0.2) is 11.6 Å². The first-order chi connectivity index (χ1) is 9.97. The maximum absolute atomic E-state index is 4.64. The highest BCUT2D eigenvalue weighted by atomic mass is 32.1. The van der Waals surface area contributed by atoms with E-state index in [1.807, 2.05) is 18.5 Å². The fourth-order valence-electron chi connectivity index (χ4n) is 2.06. The Morgan fingerprint density at radius 3 is 2.48 bits per heavy atom. The third-order valence-corrected chi connectivity index (χ3v) is 4.35. The molecule has 0 aliphatic carbocycles. The van der Waals surface area contributed by atoms with Gasteiger partial charge in [-0.1, -0.05) is 6.92 Å². The van der Waals surface area contributed by atoms with Crippen molar-refractivity contribution >= 4 is 23.0 Å².